The number of aryl methyl sites for hydroxylation is 1. The number of methoxy groups -OCH3 is 1. The number of esters is 1. The Morgan fingerprint density at radius 2 is 1.82 bits per heavy atom. The van der Waals surface area contributed by atoms with Gasteiger partial charge in [0.05, 0.1) is 30.1 Å². The van der Waals surface area contributed by atoms with Crippen LogP contribution in [0.25, 0.3) is 33.3 Å². The molecular weight excluding hydrogens is 705 g/mol. The van der Waals surface area contributed by atoms with Crippen molar-refractivity contribution in [2.75, 3.05) is 33.4 Å². The molecule has 6 bridgehead atoms. The molecule has 5 heterocycles. The highest BCUT2D eigenvalue weighted by Gasteiger charge is 2.36. The van der Waals surface area contributed by atoms with Crippen LogP contribution >= 0.6 is 0 Å². The first-order valence-corrected chi connectivity index (χ1v) is 20.7. The molecule has 1 saturated carbocycles. The Morgan fingerprint density at radius 3 is 2.55 bits per heavy atom. The number of hydrazine groups is 1. The standard InChI is InChI=1S/C45H58N6O5/c1-6-50-40-12-9-30-22-35(40)37(42(50)36-23-32(25-47-41(36)27(2)55-5)29-13-16-49(17-14-29)33-10-11-33)24-45(3,4)26-56-44(54)39-8-7-15-51(48-39)43(53)38(46)20-28-18-31(30)21-34(52)19-28/h9,12,18-19,21-23,25,27,29,33,38-39,48,52H,6-8,10-11,13-17,20,24,26,46H2,1-5H3/t27-,38-,39-/m0/s1. The Labute approximate surface area is 330 Å². The van der Waals surface area contributed by atoms with Crippen molar-refractivity contribution in [1.29, 1.82) is 0 Å². The van der Waals surface area contributed by atoms with Gasteiger partial charge in [-0.25, -0.2) is 5.43 Å². The number of likely N-dealkylation sites (tertiary alicyclic amines) is 1. The van der Waals surface area contributed by atoms with Gasteiger partial charge in [0.1, 0.15) is 11.8 Å². The minimum Gasteiger partial charge on any atom is -0.508 e. The third-order valence-corrected chi connectivity index (χ3v) is 12.6. The van der Waals surface area contributed by atoms with Gasteiger partial charge in [-0.1, -0.05) is 26.0 Å². The van der Waals surface area contributed by atoms with Crippen LogP contribution in [0.5, 0.6) is 5.75 Å². The van der Waals surface area contributed by atoms with Gasteiger partial charge in [-0.15, -0.1) is 0 Å². The summed E-state index contributed by atoms with van der Waals surface area (Å²) in [5.41, 5.74) is 18.3. The van der Waals surface area contributed by atoms with Crippen LogP contribution in [0.3, 0.4) is 0 Å². The lowest BCUT2D eigenvalue weighted by Crippen LogP contribution is -2.59. The van der Waals surface area contributed by atoms with Gasteiger partial charge in [0.15, 0.2) is 0 Å². The molecule has 2 aromatic heterocycles. The summed E-state index contributed by atoms with van der Waals surface area (Å²) in [4.78, 5) is 35.0. The van der Waals surface area contributed by atoms with Crippen LogP contribution in [0.1, 0.15) is 101 Å². The molecule has 11 nitrogen and oxygen atoms in total. The third-order valence-electron chi connectivity index (χ3n) is 12.6. The predicted molar refractivity (Wildman–Crippen MR) is 218 cm³/mol. The van der Waals surface area contributed by atoms with Crippen molar-refractivity contribution in [2.24, 2.45) is 11.1 Å². The molecule has 56 heavy (non-hydrogen) atoms. The van der Waals surface area contributed by atoms with Crippen molar-refractivity contribution < 1.29 is 24.2 Å². The summed E-state index contributed by atoms with van der Waals surface area (Å²) >= 11 is 0. The Balaban J connectivity index is 1.29. The molecule has 1 amide bonds. The highest BCUT2D eigenvalue weighted by atomic mass is 16.5. The summed E-state index contributed by atoms with van der Waals surface area (Å²) in [6, 6.07) is 13.6. The van der Waals surface area contributed by atoms with Gasteiger partial charge in [0.25, 0.3) is 5.91 Å². The van der Waals surface area contributed by atoms with E-state index >= 15 is 0 Å². The van der Waals surface area contributed by atoms with E-state index in [2.05, 4.69) is 73.1 Å². The number of ether oxygens (including phenoxy) is 2. The number of cyclic esters (lactones) is 1. The summed E-state index contributed by atoms with van der Waals surface area (Å²) in [6.07, 6.45) is 8.84. The number of nitrogens with zero attached hydrogens (tertiary/aromatic N) is 4. The topological polar surface area (TPSA) is 135 Å². The molecule has 4 aromatic rings. The van der Waals surface area contributed by atoms with E-state index < -0.39 is 17.5 Å². The lowest BCUT2D eigenvalue weighted by atomic mass is 9.83. The van der Waals surface area contributed by atoms with Gasteiger partial charge in [-0.2, -0.15) is 0 Å². The van der Waals surface area contributed by atoms with Crippen LogP contribution in [0, 0.1) is 5.41 Å². The number of nitrogens with two attached hydrogens (primary N) is 1. The van der Waals surface area contributed by atoms with E-state index in [1.807, 2.05) is 6.07 Å². The number of fused-ring (bicyclic) bond motifs is 6. The largest absolute Gasteiger partial charge is 0.508 e. The van der Waals surface area contributed by atoms with Crippen molar-refractivity contribution in [3.05, 3.63) is 71.0 Å². The van der Waals surface area contributed by atoms with E-state index in [-0.39, 0.29) is 36.8 Å². The number of carbonyl (C=O) groups is 2. The molecule has 4 aliphatic rings. The molecule has 4 N–H and O–H groups in total. The smallest absolute Gasteiger partial charge is 0.324 e. The number of piperidine rings is 1. The number of rotatable bonds is 6. The Hall–Kier alpha value is -4.29. The number of nitrogens with one attached hydrogen (secondary N) is 1. The number of phenolic OH excluding ortho intramolecular Hbond substituents is 1. The Bertz CT molecular complexity index is 2120. The molecular formula is C45H58N6O5. The average molecular weight is 763 g/mol. The fourth-order valence-electron chi connectivity index (χ4n) is 9.31. The maximum Gasteiger partial charge on any atom is 0.324 e. The Kier molecular flexibility index (Phi) is 10.7. The van der Waals surface area contributed by atoms with Gasteiger partial charge in [0, 0.05) is 54.3 Å². The number of aromatic nitrogens is 2. The second kappa shape index (κ2) is 15.6. The van der Waals surface area contributed by atoms with Gasteiger partial charge in [-0.3, -0.25) is 19.6 Å². The fraction of sp³-hybridized carbons (Fsp3) is 0.533. The minimum atomic E-state index is -0.862. The first-order valence-electron chi connectivity index (χ1n) is 20.7. The summed E-state index contributed by atoms with van der Waals surface area (Å²) in [6.45, 7) is 12.2. The molecule has 2 aromatic carbocycles. The normalized spacial score (nSPS) is 23.2. The molecule has 2 saturated heterocycles. The molecule has 3 aliphatic heterocycles. The summed E-state index contributed by atoms with van der Waals surface area (Å²) < 4.78 is 14.5. The lowest BCUT2D eigenvalue weighted by Gasteiger charge is -2.35. The molecule has 11 heteroatoms. The Morgan fingerprint density at radius 1 is 1.04 bits per heavy atom. The van der Waals surface area contributed by atoms with Crippen molar-refractivity contribution in [1.82, 2.24) is 24.9 Å². The van der Waals surface area contributed by atoms with Gasteiger partial charge >= 0.3 is 5.97 Å². The number of carbonyl (C=O) groups excluding carboxylic acids is 2. The van der Waals surface area contributed by atoms with E-state index in [0.717, 1.165) is 88.6 Å². The molecule has 1 aliphatic carbocycles. The van der Waals surface area contributed by atoms with E-state index in [0.29, 0.717) is 31.7 Å². The average Bonchev–Trinajstić information content (AvgIpc) is 4.01. The van der Waals surface area contributed by atoms with Crippen LogP contribution < -0.4 is 11.2 Å². The van der Waals surface area contributed by atoms with Crippen molar-refractivity contribution in [3.8, 4) is 28.1 Å². The van der Waals surface area contributed by atoms with E-state index in [9.17, 15) is 14.7 Å². The van der Waals surface area contributed by atoms with Crippen molar-refractivity contribution in [3.63, 3.8) is 0 Å². The van der Waals surface area contributed by atoms with E-state index in [1.165, 1.54) is 23.4 Å². The van der Waals surface area contributed by atoms with E-state index in [1.54, 1.807) is 19.2 Å². The molecule has 8 rings (SSSR count). The first-order chi connectivity index (χ1) is 26.9. The van der Waals surface area contributed by atoms with Crippen LogP contribution in [-0.2, 0) is 38.4 Å². The SMILES string of the molecule is CCn1c(-c2cc(C3CCN(C4CC4)CC3)cnc2[C@H](C)OC)c2c3cc(ccc31)-c1cc(O)cc(c1)C[C@H](N)C(=O)N1CCC[C@H](N1)C(=O)OCC(C)(C)C2. The maximum atomic E-state index is 13.6. The first kappa shape index (κ1) is 38.6. The molecule has 298 valence electrons. The zero-order chi connectivity index (χ0) is 39.3. The maximum absolute atomic E-state index is 13.6. The number of amides is 1. The van der Waals surface area contributed by atoms with Crippen LogP contribution in [0.4, 0.5) is 0 Å². The zero-order valence-electron chi connectivity index (χ0n) is 33.6. The lowest BCUT2D eigenvalue weighted by molar-refractivity contribution is -0.154. The highest BCUT2D eigenvalue weighted by molar-refractivity contribution is 5.95. The molecule has 0 unspecified atom stereocenters. The number of hydrogen-bond donors (Lipinski definition) is 3. The molecule has 0 radical (unpaired) electrons. The van der Waals surface area contributed by atoms with Gasteiger partial charge in [0.2, 0.25) is 0 Å². The van der Waals surface area contributed by atoms with Crippen molar-refractivity contribution in [2.45, 2.75) is 116 Å². The van der Waals surface area contributed by atoms with Gasteiger partial charge < -0.3 is 29.8 Å². The number of pyridine rings is 1. The second-order valence-corrected chi connectivity index (χ2v) is 17.4. The van der Waals surface area contributed by atoms with Crippen LogP contribution in [0.2, 0.25) is 0 Å². The summed E-state index contributed by atoms with van der Waals surface area (Å²) in [5, 5.41) is 13.5. The quantitative estimate of drug-likeness (QED) is 0.185. The highest BCUT2D eigenvalue weighted by Crippen LogP contribution is 2.44. The molecule has 3 atom stereocenters. The summed E-state index contributed by atoms with van der Waals surface area (Å²) in [5.74, 6) is -0.115. The van der Waals surface area contributed by atoms with Gasteiger partial charge in [-0.05, 0) is 142 Å². The zero-order valence-corrected chi connectivity index (χ0v) is 33.6. The third kappa shape index (κ3) is 7.71. The minimum absolute atomic E-state index is 0.114. The van der Waals surface area contributed by atoms with Crippen LogP contribution in [-0.4, -0.2) is 87.9 Å². The second-order valence-electron chi connectivity index (χ2n) is 17.4. The monoisotopic (exact) mass is 762 g/mol. The molecule has 0 spiro atoms. The van der Waals surface area contributed by atoms with Crippen molar-refractivity contribution >= 4 is 22.8 Å². The number of hydrogen-bond acceptors (Lipinski definition) is 9. The number of aromatic hydroxyl groups is 1. The fourth-order valence-corrected chi connectivity index (χ4v) is 9.31. The predicted octanol–water partition coefficient (Wildman–Crippen LogP) is 6.64. The molecule has 3 fully saturated rings. The van der Waals surface area contributed by atoms with E-state index in [4.69, 9.17) is 20.2 Å². The number of benzene rings is 2. The summed E-state index contributed by atoms with van der Waals surface area (Å²) in [7, 11) is 1.74. The van der Waals surface area contributed by atoms with Crippen LogP contribution in [0.15, 0.2) is 48.7 Å². The number of phenols is 1.